The zero-order valence-electron chi connectivity index (χ0n) is 18.1. The molecule has 0 atom stereocenters. The Hall–Kier alpha value is -3.93. The first-order chi connectivity index (χ1) is 15.5. The average Bonchev–Trinajstić information content (AvgIpc) is 3.64. The van der Waals surface area contributed by atoms with E-state index in [0.29, 0.717) is 22.5 Å². The van der Waals surface area contributed by atoms with Crippen LogP contribution in [-0.2, 0) is 4.79 Å². The Balaban J connectivity index is 1.79. The molecule has 2 aromatic heterocycles. The predicted molar refractivity (Wildman–Crippen MR) is 128 cm³/mol. The molecule has 1 aliphatic carbocycles. The van der Waals surface area contributed by atoms with Gasteiger partial charge >= 0.3 is 0 Å². The van der Waals surface area contributed by atoms with Gasteiger partial charge in [-0.05, 0) is 50.1 Å². The number of para-hydroxylation sites is 2. The van der Waals surface area contributed by atoms with E-state index < -0.39 is 0 Å². The number of nitrogens with one attached hydrogen (secondary N) is 1. The Morgan fingerprint density at radius 1 is 1.03 bits per heavy atom. The molecule has 2 heterocycles. The highest BCUT2D eigenvalue weighted by Crippen LogP contribution is 2.34. The van der Waals surface area contributed by atoms with Crippen LogP contribution in [0.5, 0.6) is 0 Å². The molecule has 6 nitrogen and oxygen atoms in total. The van der Waals surface area contributed by atoms with Crippen LogP contribution in [0, 0.1) is 12.8 Å². The van der Waals surface area contributed by atoms with Gasteiger partial charge < -0.3 is 5.32 Å². The summed E-state index contributed by atoms with van der Waals surface area (Å²) >= 11 is 0. The molecule has 1 aliphatic rings. The molecule has 2 aromatic carbocycles. The van der Waals surface area contributed by atoms with Crippen LogP contribution < -0.4 is 15.6 Å². The molecule has 0 aliphatic heterocycles. The summed E-state index contributed by atoms with van der Waals surface area (Å²) in [6.07, 6.45) is 1.79. The lowest BCUT2D eigenvalue weighted by molar-refractivity contribution is -0.119. The maximum Gasteiger partial charge on any atom is 0.231 e. The van der Waals surface area contributed by atoms with Crippen LogP contribution in [0.25, 0.3) is 16.6 Å². The fourth-order valence-corrected chi connectivity index (χ4v) is 4.01. The molecule has 32 heavy (non-hydrogen) atoms. The van der Waals surface area contributed by atoms with Crippen LogP contribution in [0.3, 0.4) is 0 Å². The van der Waals surface area contributed by atoms with E-state index in [1.165, 1.54) is 0 Å². The van der Waals surface area contributed by atoms with Crippen molar-refractivity contribution in [2.75, 3.05) is 17.3 Å². The summed E-state index contributed by atoms with van der Waals surface area (Å²) in [6.45, 7) is 1.88. The second-order valence-corrected chi connectivity index (χ2v) is 8.21. The van der Waals surface area contributed by atoms with Crippen molar-refractivity contribution >= 4 is 34.1 Å². The van der Waals surface area contributed by atoms with E-state index >= 15 is 0 Å². The number of benzene rings is 2. The number of amides is 1. The molecule has 0 spiro atoms. The molecule has 6 heteroatoms. The monoisotopic (exact) mass is 424 g/mol. The predicted octanol–water partition coefficient (Wildman–Crippen LogP) is 4.81. The van der Waals surface area contributed by atoms with E-state index in [2.05, 4.69) is 10.3 Å². The number of aromatic nitrogens is 2. The normalized spacial score (nSPS) is 13.2. The van der Waals surface area contributed by atoms with Crippen molar-refractivity contribution in [3.8, 4) is 5.69 Å². The Morgan fingerprint density at radius 2 is 1.69 bits per heavy atom. The van der Waals surface area contributed by atoms with Crippen LogP contribution in [0.1, 0.15) is 18.5 Å². The van der Waals surface area contributed by atoms with E-state index in [9.17, 15) is 9.59 Å². The van der Waals surface area contributed by atoms with E-state index in [1.54, 1.807) is 18.0 Å². The third-order valence-electron chi connectivity index (χ3n) is 5.74. The Morgan fingerprint density at radius 3 is 2.34 bits per heavy atom. The Kier molecular flexibility index (Phi) is 4.98. The van der Waals surface area contributed by atoms with Gasteiger partial charge in [0.15, 0.2) is 5.43 Å². The second-order valence-electron chi connectivity index (χ2n) is 8.21. The lowest BCUT2D eigenvalue weighted by Gasteiger charge is -2.22. The fraction of sp³-hybridized carbons (Fsp3) is 0.192. The third kappa shape index (κ3) is 3.64. The molecule has 1 N–H and O–H groups in total. The first kappa shape index (κ1) is 20.0. The number of pyridine rings is 2. The lowest BCUT2D eigenvalue weighted by atomic mass is 10.1. The summed E-state index contributed by atoms with van der Waals surface area (Å²) in [4.78, 5) is 32.3. The number of anilines is 3. The van der Waals surface area contributed by atoms with Crippen molar-refractivity contribution in [1.82, 2.24) is 9.55 Å². The van der Waals surface area contributed by atoms with Gasteiger partial charge in [0.1, 0.15) is 11.6 Å². The first-order valence-electron chi connectivity index (χ1n) is 10.8. The van der Waals surface area contributed by atoms with Gasteiger partial charge in [0.05, 0.1) is 10.9 Å². The van der Waals surface area contributed by atoms with Crippen LogP contribution in [0.2, 0.25) is 0 Å². The van der Waals surface area contributed by atoms with E-state index in [-0.39, 0.29) is 17.3 Å². The minimum Gasteiger partial charge on any atom is -0.341 e. The molecule has 0 radical (unpaired) electrons. The lowest BCUT2D eigenvalue weighted by Crippen LogP contribution is -2.30. The molecule has 4 aromatic rings. The zero-order chi connectivity index (χ0) is 22.2. The summed E-state index contributed by atoms with van der Waals surface area (Å²) in [7, 11) is 1.71. The number of fused-ring (bicyclic) bond motifs is 1. The van der Waals surface area contributed by atoms with Crippen LogP contribution in [-0.4, -0.2) is 22.5 Å². The van der Waals surface area contributed by atoms with Gasteiger partial charge in [0.2, 0.25) is 5.91 Å². The molecule has 160 valence electrons. The highest BCUT2D eigenvalue weighted by Gasteiger charge is 2.34. The summed E-state index contributed by atoms with van der Waals surface area (Å²) in [6, 6.07) is 23.1. The van der Waals surface area contributed by atoms with Crippen molar-refractivity contribution in [2.45, 2.75) is 19.8 Å². The molecule has 0 unspecified atom stereocenters. The maximum atomic E-state index is 13.4. The van der Waals surface area contributed by atoms with Crippen molar-refractivity contribution in [1.29, 1.82) is 0 Å². The average molecular weight is 425 g/mol. The number of carbonyl (C=O) groups excluding carboxylic acids is 1. The van der Waals surface area contributed by atoms with Crippen molar-refractivity contribution in [3.63, 3.8) is 0 Å². The molecule has 1 saturated carbocycles. The number of hydrogen-bond acceptors (Lipinski definition) is 4. The Bertz CT molecular complexity index is 1360. The minimum atomic E-state index is -0.177. The van der Waals surface area contributed by atoms with Crippen molar-refractivity contribution < 1.29 is 4.79 Å². The van der Waals surface area contributed by atoms with Gasteiger partial charge in [-0.15, -0.1) is 0 Å². The van der Waals surface area contributed by atoms with Gasteiger partial charge in [-0.3, -0.25) is 19.1 Å². The largest absolute Gasteiger partial charge is 0.341 e. The number of hydrogen-bond donors (Lipinski definition) is 1. The second kappa shape index (κ2) is 7.96. The van der Waals surface area contributed by atoms with Gasteiger partial charge in [-0.1, -0.05) is 36.4 Å². The smallest absolute Gasteiger partial charge is 0.231 e. The third-order valence-corrected chi connectivity index (χ3v) is 5.74. The van der Waals surface area contributed by atoms with Gasteiger partial charge in [-0.25, -0.2) is 4.98 Å². The molecule has 0 saturated heterocycles. The van der Waals surface area contributed by atoms with Gasteiger partial charge in [0.25, 0.3) is 0 Å². The molecule has 5 rings (SSSR count). The van der Waals surface area contributed by atoms with Crippen LogP contribution >= 0.6 is 0 Å². The van der Waals surface area contributed by atoms with Crippen molar-refractivity contribution in [2.24, 2.45) is 5.92 Å². The molecule has 1 fully saturated rings. The quantitative estimate of drug-likeness (QED) is 0.499. The summed E-state index contributed by atoms with van der Waals surface area (Å²) in [5.74, 6) is 1.11. The number of nitrogens with zero attached hydrogens (tertiary/aromatic N) is 3. The molecular formula is C26H24N4O2. The van der Waals surface area contributed by atoms with Crippen LogP contribution in [0.15, 0.2) is 77.6 Å². The van der Waals surface area contributed by atoms with E-state index in [4.69, 9.17) is 0 Å². The molecule has 1 amide bonds. The SMILES string of the molecule is Cc1cc2c(c(N(C)C(=O)C3CC3)n1)c(=O)cc(Nc1ccccc1)n2-c1ccccc1. The van der Waals surface area contributed by atoms with Crippen molar-refractivity contribution in [3.05, 3.63) is 88.7 Å². The van der Waals surface area contributed by atoms with Crippen LogP contribution in [0.4, 0.5) is 17.3 Å². The zero-order valence-corrected chi connectivity index (χ0v) is 18.1. The summed E-state index contributed by atoms with van der Waals surface area (Å²) in [5, 5.41) is 3.82. The molecule has 0 bridgehead atoms. The maximum absolute atomic E-state index is 13.4. The highest BCUT2D eigenvalue weighted by molar-refractivity contribution is 6.03. The van der Waals surface area contributed by atoms with E-state index in [1.807, 2.05) is 78.2 Å². The number of rotatable bonds is 5. The Labute approximate surface area is 186 Å². The number of aryl methyl sites for hydroxylation is 1. The molecular weight excluding hydrogens is 400 g/mol. The highest BCUT2D eigenvalue weighted by atomic mass is 16.2. The van der Waals surface area contributed by atoms with Gasteiger partial charge in [-0.2, -0.15) is 0 Å². The summed E-state index contributed by atoms with van der Waals surface area (Å²) < 4.78 is 2.01. The fourth-order valence-electron chi connectivity index (χ4n) is 4.01. The standard InChI is InChI=1S/C26H24N4O2/c1-17-15-21-24(25(27-17)29(2)26(32)18-13-14-18)22(31)16-23(28-19-9-5-3-6-10-19)30(21)20-11-7-4-8-12-20/h3-12,15-16,18,28H,13-14H2,1-2H3. The number of carbonyl (C=O) groups is 1. The minimum absolute atomic E-state index is 0.0153. The van der Waals surface area contributed by atoms with Gasteiger partial charge in [0, 0.05) is 36.1 Å². The summed E-state index contributed by atoms with van der Waals surface area (Å²) in [5.41, 5.74) is 3.05. The first-order valence-corrected chi connectivity index (χ1v) is 10.8. The van der Waals surface area contributed by atoms with E-state index in [0.717, 1.165) is 29.9 Å². The topological polar surface area (TPSA) is 67.2 Å².